The van der Waals surface area contributed by atoms with Crippen molar-refractivity contribution in [3.63, 3.8) is 0 Å². The molecule has 0 nitrogen and oxygen atoms in total. The Hall–Kier alpha value is 4.47. The van der Waals surface area contributed by atoms with Crippen LogP contribution in [-0.2, 0) is 22.4 Å². The zero-order valence-corrected chi connectivity index (χ0v) is 16.2. The summed E-state index contributed by atoms with van der Waals surface area (Å²) in [6, 6.07) is 0. The largest absolute Gasteiger partial charge is 3.00 e. The third-order valence-corrected chi connectivity index (χ3v) is 0. The monoisotopic (exact) mass is 598 g/mol. The summed E-state index contributed by atoms with van der Waals surface area (Å²) in [5.74, 6) is 0. The van der Waals surface area contributed by atoms with Crippen LogP contribution in [0.4, 0.5) is 0 Å². The molecule has 0 aromatic rings. The van der Waals surface area contributed by atoms with Crippen LogP contribution in [0.1, 0.15) is 0 Å². The predicted molar refractivity (Wildman–Crippen MR) is 0 cm³/mol. The molecule has 0 atom stereocenters. The molecule has 0 heterocycles. The normalized spacial score (nSPS) is 0. The van der Waals surface area contributed by atoms with Crippen LogP contribution in [-0.4, -0.2) is 0 Å². The quantitative estimate of drug-likeness (QED) is 0.242. The summed E-state index contributed by atoms with van der Waals surface area (Å²) >= 11 is 0. The fraction of sp³-hybridized carbons (Fsp3) is 0. The second-order valence-electron chi connectivity index (χ2n) is 0. The summed E-state index contributed by atoms with van der Waals surface area (Å²) in [7, 11) is 0. The van der Waals surface area contributed by atoms with Gasteiger partial charge in [0.1, 0.15) is 0 Å². The Labute approximate surface area is 144 Å². The van der Waals surface area contributed by atoms with Gasteiger partial charge in [-0.25, -0.2) is 0 Å². The molecular weight excluding hydrogens is 602 g/mol. The summed E-state index contributed by atoms with van der Waals surface area (Å²) in [5, 5.41) is 0. The van der Waals surface area contributed by atoms with E-state index in [1.54, 1.807) is 0 Å². The molecule has 0 bridgehead atoms. The molecule has 0 aliphatic rings. The maximum atomic E-state index is 0. The van der Waals surface area contributed by atoms with Gasteiger partial charge < -0.3 is 67.9 Å². The van der Waals surface area contributed by atoms with E-state index in [1.165, 1.54) is 0 Å². The SMILES string of the molecule is [Au+3].[Br-].[Br-].[Br-].[Br-].[Rb+]. The van der Waals surface area contributed by atoms with E-state index < -0.39 is 0 Å². The first-order valence-electron chi connectivity index (χ1n) is 0. The second-order valence-corrected chi connectivity index (χ2v) is 0. The van der Waals surface area contributed by atoms with Crippen LogP contribution in [0, 0.1) is 0 Å². The van der Waals surface area contributed by atoms with Gasteiger partial charge in [0, 0.05) is 0 Å². The molecule has 0 radical (unpaired) electrons. The van der Waals surface area contributed by atoms with Crippen molar-refractivity contribution in [2.75, 3.05) is 0 Å². The molecule has 0 saturated carbocycles. The van der Waals surface area contributed by atoms with Crippen molar-refractivity contribution in [2.24, 2.45) is 0 Å². The molecule has 0 saturated heterocycles. The van der Waals surface area contributed by atoms with Crippen LogP contribution in [0.25, 0.3) is 0 Å². The van der Waals surface area contributed by atoms with E-state index in [1.807, 2.05) is 0 Å². The van der Waals surface area contributed by atoms with E-state index >= 15 is 0 Å². The number of hydrogen-bond donors (Lipinski definition) is 0. The molecule has 0 unspecified atom stereocenters. The van der Waals surface area contributed by atoms with Crippen LogP contribution in [0.5, 0.6) is 0 Å². The minimum atomic E-state index is 0. The summed E-state index contributed by atoms with van der Waals surface area (Å²) < 4.78 is 0. The van der Waals surface area contributed by atoms with E-state index in [-0.39, 0.29) is 148 Å². The Morgan fingerprint density at radius 2 is 0.500 bits per heavy atom. The van der Waals surface area contributed by atoms with Gasteiger partial charge in [-0.2, -0.15) is 0 Å². The number of halogens is 4. The van der Waals surface area contributed by atoms with Crippen molar-refractivity contribution in [3.05, 3.63) is 0 Å². The minimum absolute atomic E-state index is 0. The fourth-order valence-corrected chi connectivity index (χ4v) is 0. The van der Waals surface area contributed by atoms with Crippen molar-refractivity contribution in [1.82, 2.24) is 0 Å². The molecule has 0 aromatic carbocycles. The minimum Gasteiger partial charge on any atom is -1.00 e. The predicted octanol–water partition coefficient (Wildman–Crippen LogP) is -15.0. The number of hydrogen-bond acceptors (Lipinski definition) is 0. The van der Waals surface area contributed by atoms with Crippen LogP contribution < -0.4 is 126 Å². The van der Waals surface area contributed by atoms with Gasteiger partial charge in [0.2, 0.25) is 0 Å². The van der Waals surface area contributed by atoms with Crippen LogP contribution >= 0.6 is 0 Å². The van der Waals surface area contributed by atoms with Crippen LogP contribution in [0.15, 0.2) is 0 Å². The first kappa shape index (κ1) is 47.0. The molecular formula is AuBr4Rb. The molecule has 0 aromatic heterocycles. The van der Waals surface area contributed by atoms with Gasteiger partial charge in [0.25, 0.3) is 0 Å². The van der Waals surface area contributed by atoms with Gasteiger partial charge in [0.15, 0.2) is 0 Å². The van der Waals surface area contributed by atoms with Gasteiger partial charge in [0.05, 0.1) is 0 Å². The van der Waals surface area contributed by atoms with Gasteiger partial charge in [-0.1, -0.05) is 0 Å². The van der Waals surface area contributed by atoms with Crippen molar-refractivity contribution in [2.45, 2.75) is 0 Å². The van der Waals surface area contributed by atoms with Gasteiger partial charge in [-0.15, -0.1) is 0 Å². The van der Waals surface area contributed by atoms with Crippen molar-refractivity contribution in [1.29, 1.82) is 0 Å². The molecule has 0 aliphatic carbocycles. The van der Waals surface area contributed by atoms with E-state index in [4.69, 9.17) is 0 Å². The first-order chi connectivity index (χ1) is 0. The smallest absolute Gasteiger partial charge is 1.00 e. The van der Waals surface area contributed by atoms with E-state index in [0.29, 0.717) is 0 Å². The third kappa shape index (κ3) is 23.7. The van der Waals surface area contributed by atoms with Crippen molar-refractivity contribution in [3.8, 4) is 0 Å². The first-order valence-corrected chi connectivity index (χ1v) is 0. The Balaban J connectivity index is 0. The third-order valence-electron chi connectivity index (χ3n) is 0. The standard InChI is InChI=1S/Au.4BrH.Rb/h;4*1H;/q+3;;;;;+1/p-4. The molecule has 0 N–H and O–H groups in total. The Bertz CT molecular complexity index is 7.51. The summed E-state index contributed by atoms with van der Waals surface area (Å²) in [5.41, 5.74) is 0. The van der Waals surface area contributed by atoms with Crippen molar-refractivity contribution < 1.29 is 148 Å². The van der Waals surface area contributed by atoms with E-state index in [2.05, 4.69) is 0 Å². The zero-order valence-electron chi connectivity index (χ0n) is 2.81. The molecule has 0 aliphatic heterocycles. The van der Waals surface area contributed by atoms with Crippen LogP contribution in [0.3, 0.4) is 0 Å². The van der Waals surface area contributed by atoms with Gasteiger partial charge >= 0.3 is 80.6 Å². The summed E-state index contributed by atoms with van der Waals surface area (Å²) in [6.07, 6.45) is 0. The molecule has 6 heavy (non-hydrogen) atoms. The summed E-state index contributed by atoms with van der Waals surface area (Å²) in [6.45, 7) is 0. The average molecular weight is 602 g/mol. The van der Waals surface area contributed by atoms with E-state index in [9.17, 15) is 0 Å². The van der Waals surface area contributed by atoms with Gasteiger partial charge in [-0.3, -0.25) is 0 Å². The maximum Gasteiger partial charge on any atom is 3.00 e. The molecule has 0 spiro atoms. The second kappa shape index (κ2) is 34.0. The topological polar surface area (TPSA) is 0 Å². The molecule has 0 fully saturated rings. The molecule has 0 amide bonds. The Morgan fingerprint density at radius 3 is 0.500 bits per heavy atom. The van der Waals surface area contributed by atoms with Crippen molar-refractivity contribution >= 4 is 0 Å². The Morgan fingerprint density at radius 1 is 0.500 bits per heavy atom. The average Bonchev–Trinajstić information content (AvgIpc) is 0. The van der Waals surface area contributed by atoms with Crippen LogP contribution in [0.2, 0.25) is 0 Å². The fourth-order valence-electron chi connectivity index (χ4n) is 0. The maximum absolute atomic E-state index is 0. The number of rotatable bonds is 0. The molecule has 40 valence electrons. The molecule has 0 rings (SSSR count). The summed E-state index contributed by atoms with van der Waals surface area (Å²) in [4.78, 5) is 0. The van der Waals surface area contributed by atoms with E-state index in [0.717, 1.165) is 0 Å². The van der Waals surface area contributed by atoms with Gasteiger partial charge in [-0.05, 0) is 0 Å². The Kier molecular flexibility index (Phi) is 267. The zero-order chi connectivity index (χ0) is 0. The molecule has 6 heteroatoms.